The highest BCUT2D eigenvalue weighted by atomic mass is 35.5. The van der Waals surface area contributed by atoms with Gasteiger partial charge in [0.1, 0.15) is 0 Å². The highest BCUT2D eigenvalue weighted by molar-refractivity contribution is 6.30. The Labute approximate surface area is 182 Å². The molecular formula is C22H20ClN5O3. The van der Waals surface area contributed by atoms with E-state index in [1.165, 1.54) is 9.13 Å². The number of aryl methyl sites for hydroxylation is 1. The third-order valence-corrected chi connectivity index (χ3v) is 5.77. The van der Waals surface area contributed by atoms with Gasteiger partial charge in [-0.25, -0.2) is 4.79 Å². The van der Waals surface area contributed by atoms with E-state index in [1.54, 1.807) is 29.8 Å². The van der Waals surface area contributed by atoms with Crippen molar-refractivity contribution in [3.63, 3.8) is 0 Å². The van der Waals surface area contributed by atoms with Crippen LogP contribution in [0.15, 0.2) is 64.2 Å². The van der Waals surface area contributed by atoms with Crippen molar-refractivity contribution in [1.29, 1.82) is 0 Å². The van der Waals surface area contributed by atoms with Crippen molar-refractivity contribution in [3.8, 4) is 0 Å². The van der Waals surface area contributed by atoms with Gasteiger partial charge in [-0.2, -0.15) is 4.98 Å². The maximum atomic E-state index is 13.4. The first-order chi connectivity index (χ1) is 14.9. The predicted octanol–water partition coefficient (Wildman–Crippen LogP) is 2.11. The molecule has 2 aromatic carbocycles. The fourth-order valence-electron chi connectivity index (χ4n) is 4.09. The van der Waals surface area contributed by atoms with Gasteiger partial charge in [0, 0.05) is 17.8 Å². The lowest BCUT2D eigenvalue weighted by Crippen LogP contribution is -2.41. The van der Waals surface area contributed by atoms with Crippen LogP contribution in [0.25, 0.3) is 11.2 Å². The Morgan fingerprint density at radius 3 is 2.61 bits per heavy atom. The van der Waals surface area contributed by atoms with Gasteiger partial charge >= 0.3 is 5.69 Å². The molecular weight excluding hydrogens is 418 g/mol. The third-order valence-electron chi connectivity index (χ3n) is 5.54. The molecule has 0 saturated heterocycles. The molecule has 0 bridgehead atoms. The Balaban J connectivity index is 1.73. The minimum Gasteiger partial charge on any atom is -0.389 e. The van der Waals surface area contributed by atoms with Crippen LogP contribution >= 0.6 is 11.6 Å². The molecule has 9 heteroatoms. The minimum atomic E-state index is -0.692. The van der Waals surface area contributed by atoms with Gasteiger partial charge in [-0.05, 0) is 29.8 Å². The maximum Gasteiger partial charge on any atom is 0.332 e. The monoisotopic (exact) mass is 437 g/mol. The highest BCUT2D eigenvalue weighted by Gasteiger charge is 2.30. The second-order valence-electron chi connectivity index (χ2n) is 7.66. The van der Waals surface area contributed by atoms with Crippen LogP contribution in [-0.2, 0) is 20.1 Å². The molecule has 0 unspecified atom stereocenters. The fourth-order valence-corrected chi connectivity index (χ4v) is 4.30. The topological polar surface area (TPSA) is 85.3 Å². The standard InChI is InChI=1S/C22H20ClN5O3/c1-25-19-18(20(30)28(22(25)31)11-14-6-5-7-15(23)10-14)27-13-17(29)12-26(21(27)24-19)16-8-3-2-4-9-16/h2-10,17,29H,11-13H2,1H3/t17-/m1/s1. The zero-order valence-electron chi connectivity index (χ0n) is 16.8. The van der Waals surface area contributed by atoms with Crippen molar-refractivity contribution in [3.05, 3.63) is 86.0 Å². The summed E-state index contributed by atoms with van der Waals surface area (Å²) in [6.45, 7) is 0.658. The van der Waals surface area contributed by atoms with Gasteiger partial charge < -0.3 is 14.6 Å². The normalized spacial score (nSPS) is 16.0. The number of halogens is 1. The van der Waals surface area contributed by atoms with Gasteiger partial charge in [0.2, 0.25) is 5.95 Å². The van der Waals surface area contributed by atoms with Gasteiger partial charge in [-0.15, -0.1) is 0 Å². The first-order valence-corrected chi connectivity index (χ1v) is 10.3. The number of aliphatic hydroxyl groups excluding tert-OH is 1. The Morgan fingerprint density at radius 2 is 1.87 bits per heavy atom. The van der Waals surface area contributed by atoms with Crippen molar-refractivity contribution in [2.45, 2.75) is 19.2 Å². The summed E-state index contributed by atoms with van der Waals surface area (Å²) >= 11 is 6.07. The Kier molecular flexibility index (Phi) is 4.68. The number of imidazole rings is 1. The largest absolute Gasteiger partial charge is 0.389 e. The molecule has 3 heterocycles. The number of aromatic nitrogens is 4. The summed E-state index contributed by atoms with van der Waals surface area (Å²) in [6, 6.07) is 16.6. The molecule has 0 saturated carbocycles. The summed E-state index contributed by atoms with van der Waals surface area (Å²) in [4.78, 5) is 32.9. The first kappa shape index (κ1) is 19.6. The lowest BCUT2D eigenvalue weighted by atomic mass is 10.2. The van der Waals surface area contributed by atoms with E-state index < -0.39 is 17.4 Å². The highest BCUT2D eigenvalue weighted by Crippen LogP contribution is 2.30. The van der Waals surface area contributed by atoms with Crippen LogP contribution in [-0.4, -0.2) is 36.4 Å². The lowest BCUT2D eigenvalue weighted by molar-refractivity contribution is 0.154. The van der Waals surface area contributed by atoms with Crippen LogP contribution in [0.5, 0.6) is 0 Å². The van der Waals surface area contributed by atoms with E-state index in [0.717, 1.165) is 11.3 Å². The van der Waals surface area contributed by atoms with Crippen LogP contribution in [0.4, 0.5) is 11.6 Å². The van der Waals surface area contributed by atoms with Gasteiger partial charge in [-0.1, -0.05) is 41.9 Å². The summed E-state index contributed by atoms with van der Waals surface area (Å²) < 4.78 is 4.26. The molecule has 1 aliphatic heterocycles. The van der Waals surface area contributed by atoms with Crippen molar-refractivity contribution in [2.24, 2.45) is 7.05 Å². The molecule has 0 spiro atoms. The zero-order valence-corrected chi connectivity index (χ0v) is 17.5. The summed E-state index contributed by atoms with van der Waals surface area (Å²) in [5, 5.41) is 11.1. The number of hydrogen-bond acceptors (Lipinski definition) is 5. The summed E-state index contributed by atoms with van der Waals surface area (Å²) in [7, 11) is 1.60. The number of anilines is 2. The molecule has 0 fully saturated rings. The van der Waals surface area contributed by atoms with E-state index in [9.17, 15) is 14.7 Å². The SMILES string of the molecule is Cn1c(=O)n(Cc2cccc(Cl)c2)c(=O)c2c1nc1n2C[C@H](O)CN1c1ccccc1. The maximum absolute atomic E-state index is 13.4. The van der Waals surface area contributed by atoms with Crippen LogP contribution < -0.4 is 16.1 Å². The Morgan fingerprint density at radius 1 is 1.10 bits per heavy atom. The van der Waals surface area contributed by atoms with Crippen LogP contribution in [0.1, 0.15) is 5.56 Å². The smallest absolute Gasteiger partial charge is 0.332 e. The molecule has 4 aromatic rings. The lowest BCUT2D eigenvalue weighted by Gasteiger charge is -2.32. The van der Waals surface area contributed by atoms with Gasteiger partial charge in [0.15, 0.2) is 11.2 Å². The summed E-state index contributed by atoms with van der Waals surface area (Å²) in [5.41, 5.74) is 1.28. The molecule has 8 nitrogen and oxygen atoms in total. The molecule has 0 aliphatic carbocycles. The Bertz CT molecular complexity index is 1410. The first-order valence-electron chi connectivity index (χ1n) is 9.89. The van der Waals surface area contributed by atoms with Crippen LogP contribution in [0, 0.1) is 0 Å². The molecule has 5 rings (SSSR count). The molecule has 0 radical (unpaired) electrons. The average molecular weight is 438 g/mol. The van der Waals surface area contributed by atoms with Crippen molar-refractivity contribution >= 4 is 34.4 Å². The predicted molar refractivity (Wildman–Crippen MR) is 119 cm³/mol. The van der Waals surface area contributed by atoms with Crippen LogP contribution in [0.3, 0.4) is 0 Å². The molecule has 1 aliphatic rings. The minimum absolute atomic E-state index is 0.0907. The number of para-hydroxylation sites is 1. The number of benzene rings is 2. The van der Waals surface area contributed by atoms with E-state index in [2.05, 4.69) is 4.98 Å². The quantitative estimate of drug-likeness (QED) is 0.530. The summed E-state index contributed by atoms with van der Waals surface area (Å²) in [6.07, 6.45) is -0.692. The van der Waals surface area contributed by atoms with Gasteiger partial charge in [-0.3, -0.25) is 13.9 Å². The van der Waals surface area contributed by atoms with Gasteiger partial charge in [0.25, 0.3) is 5.56 Å². The number of β-amino-alcohol motifs (C(OH)–C–C–N with tert-alkyl or cyclic N) is 1. The fraction of sp³-hybridized carbons (Fsp3) is 0.227. The molecule has 2 aromatic heterocycles. The molecule has 31 heavy (non-hydrogen) atoms. The average Bonchev–Trinajstić information content (AvgIpc) is 3.15. The molecule has 0 amide bonds. The number of aliphatic hydroxyl groups is 1. The number of rotatable bonds is 3. The van der Waals surface area contributed by atoms with Crippen molar-refractivity contribution in [2.75, 3.05) is 11.4 Å². The van der Waals surface area contributed by atoms with E-state index in [-0.39, 0.29) is 13.1 Å². The Hall–Kier alpha value is -3.36. The van der Waals surface area contributed by atoms with Crippen LogP contribution in [0.2, 0.25) is 5.02 Å². The van der Waals surface area contributed by atoms with Crippen molar-refractivity contribution in [1.82, 2.24) is 18.7 Å². The summed E-state index contributed by atoms with van der Waals surface area (Å²) in [5.74, 6) is 0.527. The zero-order chi connectivity index (χ0) is 21.7. The third kappa shape index (κ3) is 3.24. The molecule has 1 atom stereocenters. The second kappa shape index (κ2) is 7.40. The van der Waals surface area contributed by atoms with E-state index in [0.29, 0.717) is 28.7 Å². The van der Waals surface area contributed by atoms with Gasteiger partial charge in [0.05, 0.1) is 25.7 Å². The number of hydrogen-bond donors (Lipinski definition) is 1. The number of nitrogens with zero attached hydrogens (tertiary/aromatic N) is 5. The number of fused-ring (bicyclic) bond motifs is 3. The molecule has 158 valence electrons. The van der Waals surface area contributed by atoms with E-state index in [1.807, 2.05) is 41.3 Å². The molecule has 1 N–H and O–H groups in total. The van der Waals surface area contributed by atoms with Crippen molar-refractivity contribution < 1.29 is 5.11 Å². The second-order valence-corrected chi connectivity index (χ2v) is 8.09. The van der Waals surface area contributed by atoms with E-state index in [4.69, 9.17) is 11.6 Å². The van der Waals surface area contributed by atoms with E-state index >= 15 is 0 Å².